The van der Waals surface area contributed by atoms with Crippen molar-refractivity contribution in [2.24, 2.45) is 7.05 Å². The van der Waals surface area contributed by atoms with Crippen LogP contribution in [0.5, 0.6) is 0 Å². The molecule has 0 saturated carbocycles. The highest BCUT2D eigenvalue weighted by Crippen LogP contribution is 2.35. The summed E-state index contributed by atoms with van der Waals surface area (Å²) in [6.07, 6.45) is 5.65. The fourth-order valence-corrected chi connectivity index (χ4v) is 2.90. The summed E-state index contributed by atoms with van der Waals surface area (Å²) in [5.74, 6) is 0. The minimum Gasteiger partial charge on any atom is -0.387 e. The molecule has 0 aliphatic carbocycles. The predicted octanol–water partition coefficient (Wildman–Crippen LogP) is 2.74. The number of imidazole rings is 1. The van der Waals surface area contributed by atoms with Crippen molar-refractivity contribution in [3.8, 4) is 10.6 Å². The zero-order valence-corrected chi connectivity index (χ0v) is 10.5. The number of aromatic nitrogens is 3. The number of hydrogen-bond donors (Lipinski definition) is 1. The molecule has 1 N–H and O–H groups in total. The maximum Gasteiger partial charge on any atom is 0.0982 e. The van der Waals surface area contributed by atoms with Gasteiger partial charge in [0.05, 0.1) is 32.8 Å². The Morgan fingerprint density at radius 3 is 2.94 bits per heavy atom. The summed E-state index contributed by atoms with van der Waals surface area (Å²) in [7, 11) is 3.90. The highest BCUT2D eigenvalue weighted by atomic mass is 32.1. The standard InChI is InChI=1S/C12H12N4S/c1-13-8-3-4-14-9-5-11(17-12(8)9)10-6-16(2)7-15-10/h3-7H,1-2H3,(H,13,14). The van der Waals surface area contributed by atoms with Gasteiger partial charge in [0.25, 0.3) is 0 Å². The zero-order valence-electron chi connectivity index (χ0n) is 9.64. The van der Waals surface area contributed by atoms with Crippen molar-refractivity contribution in [1.82, 2.24) is 14.5 Å². The van der Waals surface area contributed by atoms with Crippen LogP contribution >= 0.6 is 11.3 Å². The molecule has 4 nitrogen and oxygen atoms in total. The van der Waals surface area contributed by atoms with Gasteiger partial charge in [-0.15, -0.1) is 11.3 Å². The summed E-state index contributed by atoms with van der Waals surface area (Å²) < 4.78 is 3.13. The molecule has 3 rings (SSSR count). The first-order chi connectivity index (χ1) is 8.28. The number of pyridine rings is 1. The Hall–Kier alpha value is -1.88. The van der Waals surface area contributed by atoms with Crippen molar-refractivity contribution in [2.75, 3.05) is 12.4 Å². The minimum atomic E-state index is 0.998. The second-order valence-corrected chi connectivity index (χ2v) is 4.91. The molecule has 0 spiro atoms. The fourth-order valence-electron chi connectivity index (χ4n) is 1.80. The number of fused-ring (bicyclic) bond motifs is 1. The SMILES string of the molecule is CNc1ccnc2cc(-c3cn(C)cn3)sc12. The van der Waals surface area contributed by atoms with E-state index in [2.05, 4.69) is 21.4 Å². The molecule has 0 unspecified atom stereocenters. The maximum absolute atomic E-state index is 4.38. The topological polar surface area (TPSA) is 42.7 Å². The summed E-state index contributed by atoms with van der Waals surface area (Å²) in [6, 6.07) is 4.07. The van der Waals surface area contributed by atoms with Crippen LogP contribution in [0.3, 0.4) is 0 Å². The van der Waals surface area contributed by atoms with Gasteiger partial charge >= 0.3 is 0 Å². The maximum atomic E-state index is 4.38. The number of aryl methyl sites for hydroxylation is 1. The molecule has 3 aromatic rings. The Morgan fingerprint density at radius 1 is 1.35 bits per heavy atom. The number of anilines is 1. The molecular formula is C12H12N4S. The quantitative estimate of drug-likeness (QED) is 0.753. The van der Waals surface area contributed by atoms with Gasteiger partial charge in [-0.1, -0.05) is 0 Å². The third kappa shape index (κ3) is 1.68. The third-order valence-corrected chi connectivity index (χ3v) is 3.82. The van der Waals surface area contributed by atoms with E-state index in [4.69, 9.17) is 0 Å². The van der Waals surface area contributed by atoms with Crippen LogP contribution in [0, 0.1) is 0 Å². The van der Waals surface area contributed by atoms with E-state index in [0.717, 1.165) is 21.8 Å². The van der Waals surface area contributed by atoms with Gasteiger partial charge in [-0.3, -0.25) is 4.98 Å². The average Bonchev–Trinajstić information content (AvgIpc) is 2.93. The third-order valence-electron chi connectivity index (χ3n) is 2.64. The second kappa shape index (κ2) is 3.85. The van der Waals surface area contributed by atoms with E-state index >= 15 is 0 Å². The number of rotatable bonds is 2. The van der Waals surface area contributed by atoms with E-state index in [-0.39, 0.29) is 0 Å². The zero-order chi connectivity index (χ0) is 11.8. The molecule has 3 heterocycles. The van der Waals surface area contributed by atoms with E-state index in [1.54, 1.807) is 11.3 Å². The monoisotopic (exact) mass is 244 g/mol. The smallest absolute Gasteiger partial charge is 0.0982 e. The number of hydrogen-bond acceptors (Lipinski definition) is 4. The molecule has 0 bridgehead atoms. The Balaban J connectivity index is 2.19. The highest BCUT2D eigenvalue weighted by molar-refractivity contribution is 7.22. The van der Waals surface area contributed by atoms with Crippen LogP contribution in [-0.4, -0.2) is 21.6 Å². The molecule has 86 valence electrons. The number of nitrogens with zero attached hydrogens (tertiary/aromatic N) is 3. The summed E-state index contributed by atoms with van der Waals surface area (Å²) >= 11 is 1.71. The van der Waals surface area contributed by atoms with Crippen molar-refractivity contribution in [3.63, 3.8) is 0 Å². The summed E-state index contributed by atoms with van der Waals surface area (Å²) in [6.45, 7) is 0. The molecule has 0 atom stereocenters. The van der Waals surface area contributed by atoms with Gasteiger partial charge in [0.2, 0.25) is 0 Å². The van der Waals surface area contributed by atoms with Crippen LogP contribution in [0.25, 0.3) is 20.8 Å². The van der Waals surface area contributed by atoms with Crippen molar-refractivity contribution >= 4 is 27.2 Å². The Morgan fingerprint density at radius 2 is 2.24 bits per heavy atom. The van der Waals surface area contributed by atoms with Crippen molar-refractivity contribution in [2.45, 2.75) is 0 Å². The lowest BCUT2D eigenvalue weighted by Gasteiger charge is -1.98. The first-order valence-electron chi connectivity index (χ1n) is 5.32. The second-order valence-electron chi connectivity index (χ2n) is 3.86. The van der Waals surface area contributed by atoms with E-state index in [0.29, 0.717) is 0 Å². The summed E-state index contributed by atoms with van der Waals surface area (Å²) in [4.78, 5) is 9.89. The number of thiophene rings is 1. The van der Waals surface area contributed by atoms with Gasteiger partial charge in [0, 0.05) is 26.5 Å². The average molecular weight is 244 g/mol. The van der Waals surface area contributed by atoms with Crippen LogP contribution in [0.1, 0.15) is 0 Å². The molecule has 0 aliphatic rings. The lowest BCUT2D eigenvalue weighted by molar-refractivity contribution is 0.913. The molecule has 5 heteroatoms. The van der Waals surface area contributed by atoms with Crippen LogP contribution in [-0.2, 0) is 7.05 Å². The van der Waals surface area contributed by atoms with E-state index in [1.807, 2.05) is 43.4 Å². The van der Waals surface area contributed by atoms with Gasteiger partial charge in [-0.25, -0.2) is 4.98 Å². The normalized spacial score (nSPS) is 10.9. The first kappa shape index (κ1) is 10.3. The van der Waals surface area contributed by atoms with Crippen LogP contribution in [0.15, 0.2) is 30.9 Å². The van der Waals surface area contributed by atoms with Gasteiger partial charge < -0.3 is 9.88 Å². The first-order valence-corrected chi connectivity index (χ1v) is 6.14. The van der Waals surface area contributed by atoms with E-state index in [9.17, 15) is 0 Å². The Bertz CT molecular complexity index is 668. The van der Waals surface area contributed by atoms with Crippen molar-refractivity contribution in [3.05, 3.63) is 30.9 Å². The van der Waals surface area contributed by atoms with Crippen molar-refractivity contribution in [1.29, 1.82) is 0 Å². The largest absolute Gasteiger partial charge is 0.387 e. The molecule has 0 fully saturated rings. The molecular weight excluding hydrogens is 232 g/mol. The van der Waals surface area contributed by atoms with Crippen LogP contribution in [0.4, 0.5) is 5.69 Å². The lowest BCUT2D eigenvalue weighted by atomic mass is 10.3. The van der Waals surface area contributed by atoms with Crippen LogP contribution < -0.4 is 5.32 Å². The van der Waals surface area contributed by atoms with Gasteiger partial charge in [0.15, 0.2) is 0 Å². The van der Waals surface area contributed by atoms with E-state index in [1.165, 1.54) is 4.70 Å². The van der Waals surface area contributed by atoms with Gasteiger partial charge in [-0.2, -0.15) is 0 Å². The Kier molecular flexibility index (Phi) is 2.33. The molecule has 3 aromatic heterocycles. The van der Waals surface area contributed by atoms with E-state index < -0.39 is 0 Å². The fraction of sp³-hybridized carbons (Fsp3) is 0.167. The molecule has 0 radical (unpaired) electrons. The molecule has 0 aromatic carbocycles. The Labute approximate surface area is 103 Å². The minimum absolute atomic E-state index is 0.998. The molecule has 0 saturated heterocycles. The predicted molar refractivity (Wildman–Crippen MR) is 71.4 cm³/mol. The van der Waals surface area contributed by atoms with Crippen LogP contribution in [0.2, 0.25) is 0 Å². The number of nitrogens with one attached hydrogen (secondary N) is 1. The summed E-state index contributed by atoms with van der Waals surface area (Å²) in [5.41, 5.74) is 3.13. The lowest BCUT2D eigenvalue weighted by Crippen LogP contribution is -1.87. The van der Waals surface area contributed by atoms with Gasteiger partial charge in [-0.05, 0) is 12.1 Å². The molecule has 0 amide bonds. The van der Waals surface area contributed by atoms with Crippen molar-refractivity contribution < 1.29 is 0 Å². The molecule has 17 heavy (non-hydrogen) atoms. The van der Waals surface area contributed by atoms with Gasteiger partial charge in [0.1, 0.15) is 0 Å². The summed E-state index contributed by atoms with van der Waals surface area (Å²) in [5, 5.41) is 3.18. The highest BCUT2D eigenvalue weighted by Gasteiger charge is 2.09. The molecule has 0 aliphatic heterocycles.